The SMILES string of the molecule is CCC(CCO)NC1(CN)CCCN(C)CC1. The van der Waals surface area contributed by atoms with Crippen molar-refractivity contribution in [1.29, 1.82) is 0 Å². The van der Waals surface area contributed by atoms with Gasteiger partial charge in [0.25, 0.3) is 0 Å². The van der Waals surface area contributed by atoms with Gasteiger partial charge < -0.3 is 21.1 Å². The molecule has 0 spiro atoms. The second-order valence-electron chi connectivity index (χ2n) is 5.40. The van der Waals surface area contributed by atoms with Crippen molar-refractivity contribution in [3.8, 4) is 0 Å². The van der Waals surface area contributed by atoms with E-state index >= 15 is 0 Å². The topological polar surface area (TPSA) is 61.5 Å². The molecule has 0 radical (unpaired) electrons. The molecule has 1 saturated heterocycles. The van der Waals surface area contributed by atoms with Gasteiger partial charge in [0, 0.05) is 24.7 Å². The summed E-state index contributed by atoms with van der Waals surface area (Å²) in [6.45, 7) is 5.40. The molecule has 0 aliphatic carbocycles. The zero-order valence-electron chi connectivity index (χ0n) is 11.4. The van der Waals surface area contributed by atoms with E-state index < -0.39 is 0 Å². The van der Waals surface area contributed by atoms with Gasteiger partial charge in [-0.3, -0.25) is 0 Å². The van der Waals surface area contributed by atoms with E-state index in [0.717, 1.165) is 32.2 Å². The third-order valence-electron chi connectivity index (χ3n) is 4.04. The van der Waals surface area contributed by atoms with Crippen molar-refractivity contribution in [3.63, 3.8) is 0 Å². The number of nitrogens with zero attached hydrogens (tertiary/aromatic N) is 1. The van der Waals surface area contributed by atoms with Crippen LogP contribution < -0.4 is 11.1 Å². The summed E-state index contributed by atoms with van der Waals surface area (Å²) >= 11 is 0. The van der Waals surface area contributed by atoms with Crippen molar-refractivity contribution in [3.05, 3.63) is 0 Å². The van der Waals surface area contributed by atoms with Crippen molar-refractivity contribution < 1.29 is 5.11 Å². The molecule has 102 valence electrons. The Labute approximate surface area is 106 Å². The normalized spacial score (nSPS) is 28.9. The Kier molecular flexibility index (Phi) is 6.41. The molecule has 1 aliphatic heterocycles. The fourth-order valence-electron chi connectivity index (χ4n) is 2.70. The summed E-state index contributed by atoms with van der Waals surface area (Å²) in [6, 6.07) is 0.395. The summed E-state index contributed by atoms with van der Waals surface area (Å²) in [5.41, 5.74) is 6.09. The molecule has 0 saturated carbocycles. The van der Waals surface area contributed by atoms with Gasteiger partial charge in [-0.05, 0) is 52.2 Å². The molecule has 4 N–H and O–H groups in total. The van der Waals surface area contributed by atoms with Crippen LogP contribution in [0.2, 0.25) is 0 Å². The molecule has 1 aliphatic rings. The van der Waals surface area contributed by atoms with Crippen LogP contribution in [-0.4, -0.2) is 54.9 Å². The minimum absolute atomic E-state index is 0.0839. The number of hydrogen-bond acceptors (Lipinski definition) is 4. The Morgan fingerprint density at radius 2 is 2.18 bits per heavy atom. The van der Waals surface area contributed by atoms with E-state index in [1.165, 1.54) is 13.0 Å². The van der Waals surface area contributed by atoms with Gasteiger partial charge in [0.1, 0.15) is 0 Å². The highest BCUT2D eigenvalue weighted by atomic mass is 16.3. The zero-order chi connectivity index (χ0) is 12.7. The quantitative estimate of drug-likeness (QED) is 0.637. The zero-order valence-corrected chi connectivity index (χ0v) is 11.4. The van der Waals surface area contributed by atoms with Crippen LogP contribution in [-0.2, 0) is 0 Å². The predicted molar refractivity (Wildman–Crippen MR) is 72.1 cm³/mol. The molecule has 0 aromatic carbocycles. The first-order chi connectivity index (χ1) is 8.15. The lowest BCUT2D eigenvalue weighted by Crippen LogP contribution is -2.55. The largest absolute Gasteiger partial charge is 0.396 e. The van der Waals surface area contributed by atoms with Gasteiger partial charge in [-0.15, -0.1) is 0 Å². The molecule has 17 heavy (non-hydrogen) atoms. The first-order valence-corrected chi connectivity index (χ1v) is 6.93. The van der Waals surface area contributed by atoms with Gasteiger partial charge in [0.2, 0.25) is 0 Å². The maximum absolute atomic E-state index is 9.07. The minimum Gasteiger partial charge on any atom is -0.396 e. The number of nitrogens with two attached hydrogens (primary N) is 1. The molecule has 4 heteroatoms. The Hall–Kier alpha value is -0.160. The van der Waals surface area contributed by atoms with Crippen LogP contribution in [0, 0.1) is 0 Å². The Morgan fingerprint density at radius 1 is 1.41 bits per heavy atom. The molecule has 0 bridgehead atoms. The summed E-state index contributed by atoms with van der Waals surface area (Å²) < 4.78 is 0. The smallest absolute Gasteiger partial charge is 0.0445 e. The van der Waals surface area contributed by atoms with Gasteiger partial charge in [-0.2, -0.15) is 0 Å². The monoisotopic (exact) mass is 243 g/mol. The minimum atomic E-state index is 0.0839. The average molecular weight is 243 g/mol. The van der Waals surface area contributed by atoms with E-state index in [-0.39, 0.29) is 12.1 Å². The van der Waals surface area contributed by atoms with Crippen LogP contribution in [0.4, 0.5) is 0 Å². The summed E-state index contributed by atoms with van der Waals surface area (Å²) in [7, 11) is 2.18. The summed E-state index contributed by atoms with van der Waals surface area (Å²) in [5.74, 6) is 0. The van der Waals surface area contributed by atoms with Crippen LogP contribution in [0.5, 0.6) is 0 Å². The molecule has 1 fully saturated rings. The highest BCUT2D eigenvalue weighted by Gasteiger charge is 2.31. The van der Waals surface area contributed by atoms with Crippen molar-refractivity contribution in [2.24, 2.45) is 5.73 Å². The number of aliphatic hydroxyl groups is 1. The molecule has 0 aromatic rings. The lowest BCUT2D eigenvalue weighted by atomic mass is 9.89. The summed E-state index contributed by atoms with van der Waals surface area (Å²) in [4.78, 5) is 2.38. The molecule has 0 aromatic heterocycles. The lowest BCUT2D eigenvalue weighted by Gasteiger charge is -2.36. The molecular weight excluding hydrogens is 214 g/mol. The number of nitrogens with one attached hydrogen (secondary N) is 1. The van der Waals surface area contributed by atoms with Crippen molar-refractivity contribution >= 4 is 0 Å². The predicted octanol–water partition coefficient (Wildman–Crippen LogP) is 0.550. The van der Waals surface area contributed by atoms with Crippen LogP contribution in [0.1, 0.15) is 39.0 Å². The molecule has 0 amide bonds. The van der Waals surface area contributed by atoms with Gasteiger partial charge in [0.05, 0.1) is 0 Å². The van der Waals surface area contributed by atoms with Crippen molar-refractivity contribution in [1.82, 2.24) is 10.2 Å². The van der Waals surface area contributed by atoms with E-state index in [0.29, 0.717) is 12.6 Å². The standard InChI is InChI=1S/C13H29N3O/c1-3-12(5-10-17)15-13(11-14)6-4-8-16(2)9-7-13/h12,15,17H,3-11,14H2,1-2H3. The highest BCUT2D eigenvalue weighted by molar-refractivity contribution is 4.94. The molecule has 4 nitrogen and oxygen atoms in total. The van der Waals surface area contributed by atoms with Gasteiger partial charge in [0.15, 0.2) is 0 Å². The van der Waals surface area contributed by atoms with Crippen molar-refractivity contribution in [2.75, 3.05) is 33.3 Å². The average Bonchev–Trinajstić information content (AvgIpc) is 2.52. The van der Waals surface area contributed by atoms with Crippen LogP contribution >= 0.6 is 0 Å². The third kappa shape index (κ3) is 4.54. The lowest BCUT2D eigenvalue weighted by molar-refractivity contribution is 0.211. The second-order valence-corrected chi connectivity index (χ2v) is 5.40. The molecule has 2 unspecified atom stereocenters. The fraction of sp³-hybridized carbons (Fsp3) is 1.00. The molecular formula is C13H29N3O. The highest BCUT2D eigenvalue weighted by Crippen LogP contribution is 2.22. The molecule has 2 atom stereocenters. The van der Waals surface area contributed by atoms with Crippen LogP contribution in [0.15, 0.2) is 0 Å². The Morgan fingerprint density at radius 3 is 2.76 bits per heavy atom. The fourth-order valence-corrected chi connectivity index (χ4v) is 2.70. The molecule has 1 heterocycles. The van der Waals surface area contributed by atoms with Gasteiger partial charge in [-0.1, -0.05) is 6.92 Å². The van der Waals surface area contributed by atoms with Gasteiger partial charge in [-0.25, -0.2) is 0 Å². The number of aliphatic hydroxyl groups excluding tert-OH is 1. The van der Waals surface area contributed by atoms with E-state index in [2.05, 4.69) is 24.2 Å². The first kappa shape index (κ1) is 14.9. The van der Waals surface area contributed by atoms with E-state index in [9.17, 15) is 0 Å². The van der Waals surface area contributed by atoms with Crippen LogP contribution in [0.25, 0.3) is 0 Å². The Balaban J connectivity index is 2.59. The number of hydrogen-bond donors (Lipinski definition) is 3. The number of likely N-dealkylation sites (tertiary alicyclic amines) is 1. The Bertz CT molecular complexity index is 213. The maximum Gasteiger partial charge on any atom is 0.0445 e. The van der Waals surface area contributed by atoms with E-state index in [1.54, 1.807) is 0 Å². The van der Waals surface area contributed by atoms with Gasteiger partial charge >= 0.3 is 0 Å². The third-order valence-corrected chi connectivity index (χ3v) is 4.04. The maximum atomic E-state index is 9.07. The first-order valence-electron chi connectivity index (χ1n) is 6.93. The summed E-state index contributed by atoms with van der Waals surface area (Å²) in [5, 5.41) is 12.8. The van der Waals surface area contributed by atoms with Crippen molar-refractivity contribution in [2.45, 2.75) is 50.6 Å². The molecule has 1 rings (SSSR count). The van der Waals surface area contributed by atoms with E-state index in [4.69, 9.17) is 10.8 Å². The number of rotatable bonds is 6. The van der Waals surface area contributed by atoms with Crippen LogP contribution in [0.3, 0.4) is 0 Å². The summed E-state index contributed by atoms with van der Waals surface area (Å²) in [6.07, 6.45) is 5.35. The van der Waals surface area contributed by atoms with E-state index in [1.807, 2.05) is 0 Å². The second kappa shape index (κ2) is 7.31.